The lowest BCUT2D eigenvalue weighted by Gasteiger charge is -2.32. The minimum absolute atomic E-state index is 0.101. The molecule has 4 nitrogen and oxygen atoms in total. The highest BCUT2D eigenvalue weighted by Crippen LogP contribution is 2.30. The maximum absolute atomic E-state index is 14.1. The van der Waals surface area contributed by atoms with Crippen LogP contribution in [0.5, 0.6) is 0 Å². The van der Waals surface area contributed by atoms with Gasteiger partial charge in [-0.05, 0) is 56.8 Å². The van der Waals surface area contributed by atoms with E-state index in [-0.39, 0.29) is 24.4 Å². The van der Waals surface area contributed by atoms with Crippen LogP contribution in [0.25, 0.3) is 0 Å². The van der Waals surface area contributed by atoms with Gasteiger partial charge < -0.3 is 15.1 Å². The van der Waals surface area contributed by atoms with Gasteiger partial charge in [-0.3, -0.25) is 0 Å². The van der Waals surface area contributed by atoms with E-state index in [0.717, 1.165) is 38.9 Å². The van der Waals surface area contributed by atoms with Crippen molar-refractivity contribution in [3.05, 3.63) is 34.6 Å². The highest BCUT2D eigenvalue weighted by atomic mass is 35.5. The van der Waals surface area contributed by atoms with Crippen molar-refractivity contribution in [2.24, 2.45) is 5.92 Å². The van der Waals surface area contributed by atoms with Crippen LogP contribution in [0.3, 0.4) is 0 Å². The number of piperidine rings is 1. The van der Waals surface area contributed by atoms with Crippen molar-refractivity contribution in [1.29, 1.82) is 0 Å². The van der Waals surface area contributed by atoms with E-state index in [2.05, 4.69) is 17.1 Å². The van der Waals surface area contributed by atoms with E-state index >= 15 is 0 Å². The predicted octanol–water partition coefficient (Wildman–Crippen LogP) is 3.89. The maximum atomic E-state index is 14.1. The van der Waals surface area contributed by atoms with Gasteiger partial charge in [0.25, 0.3) is 0 Å². The summed E-state index contributed by atoms with van der Waals surface area (Å²) in [6.45, 7) is 6.34. The number of nitrogens with one attached hydrogen (secondary N) is 1. The molecular weight excluding hydrogens is 341 g/mol. The third-order valence-electron chi connectivity index (χ3n) is 5.23. The minimum atomic E-state index is -0.350. The SMILES string of the molecule is CCN1CCC[C@H](CNC(=O)N(Cc2c(F)cccc2Cl)C2CC2)C1. The molecule has 3 rings (SSSR count). The molecule has 0 unspecified atom stereocenters. The Morgan fingerprint density at radius 3 is 2.88 bits per heavy atom. The zero-order chi connectivity index (χ0) is 17.8. The average molecular weight is 368 g/mol. The molecule has 2 amide bonds. The Bertz CT molecular complexity index is 588. The number of carbonyl (C=O) groups is 1. The Labute approximate surface area is 154 Å². The molecule has 1 aliphatic heterocycles. The molecule has 138 valence electrons. The third kappa shape index (κ3) is 4.85. The molecule has 1 saturated carbocycles. The first-order chi connectivity index (χ1) is 12.1. The summed E-state index contributed by atoms with van der Waals surface area (Å²) >= 11 is 6.13. The van der Waals surface area contributed by atoms with Crippen molar-refractivity contribution < 1.29 is 9.18 Å². The monoisotopic (exact) mass is 367 g/mol. The molecule has 1 saturated heterocycles. The zero-order valence-corrected chi connectivity index (χ0v) is 15.6. The topological polar surface area (TPSA) is 35.6 Å². The van der Waals surface area contributed by atoms with E-state index in [9.17, 15) is 9.18 Å². The summed E-state index contributed by atoms with van der Waals surface area (Å²) in [6.07, 6.45) is 4.30. The molecule has 6 heteroatoms. The van der Waals surface area contributed by atoms with Gasteiger partial charge in [-0.25, -0.2) is 9.18 Å². The lowest BCUT2D eigenvalue weighted by molar-refractivity contribution is 0.167. The summed E-state index contributed by atoms with van der Waals surface area (Å²) in [7, 11) is 0. The fourth-order valence-corrected chi connectivity index (χ4v) is 3.77. The Morgan fingerprint density at radius 2 is 2.20 bits per heavy atom. The van der Waals surface area contributed by atoms with Crippen LogP contribution in [0.15, 0.2) is 18.2 Å². The van der Waals surface area contributed by atoms with Gasteiger partial charge in [0.15, 0.2) is 0 Å². The molecule has 25 heavy (non-hydrogen) atoms. The van der Waals surface area contributed by atoms with Crippen molar-refractivity contribution in [2.75, 3.05) is 26.2 Å². The molecular formula is C19H27ClFN3O. The largest absolute Gasteiger partial charge is 0.338 e. The first-order valence-corrected chi connectivity index (χ1v) is 9.66. The number of carbonyl (C=O) groups excluding carboxylic acids is 1. The lowest BCUT2D eigenvalue weighted by atomic mass is 9.98. The van der Waals surface area contributed by atoms with Crippen molar-refractivity contribution in [3.63, 3.8) is 0 Å². The van der Waals surface area contributed by atoms with Crippen LogP contribution in [0.4, 0.5) is 9.18 Å². The molecule has 1 heterocycles. The van der Waals surface area contributed by atoms with Crippen molar-refractivity contribution in [1.82, 2.24) is 15.1 Å². The summed E-state index contributed by atoms with van der Waals surface area (Å²) in [5.41, 5.74) is 0.404. The number of hydrogen-bond acceptors (Lipinski definition) is 2. The molecule has 1 aromatic carbocycles. The Morgan fingerprint density at radius 1 is 1.40 bits per heavy atom. The van der Waals surface area contributed by atoms with Crippen LogP contribution in [0, 0.1) is 11.7 Å². The van der Waals surface area contributed by atoms with Crippen molar-refractivity contribution in [3.8, 4) is 0 Å². The summed E-state index contributed by atoms with van der Waals surface area (Å²) in [4.78, 5) is 16.9. The molecule has 0 bridgehead atoms. The molecule has 2 aliphatic rings. The maximum Gasteiger partial charge on any atom is 0.317 e. The van der Waals surface area contributed by atoms with Gasteiger partial charge in [-0.2, -0.15) is 0 Å². The van der Waals surface area contributed by atoms with Gasteiger partial charge in [0.1, 0.15) is 5.82 Å². The minimum Gasteiger partial charge on any atom is -0.338 e. The molecule has 1 N–H and O–H groups in total. The predicted molar refractivity (Wildman–Crippen MR) is 98.2 cm³/mol. The first-order valence-electron chi connectivity index (χ1n) is 9.28. The fourth-order valence-electron chi connectivity index (χ4n) is 3.54. The van der Waals surface area contributed by atoms with E-state index in [1.54, 1.807) is 17.0 Å². The molecule has 1 atom stereocenters. The molecule has 2 fully saturated rings. The number of nitrogens with zero attached hydrogens (tertiary/aromatic N) is 2. The van der Waals surface area contributed by atoms with E-state index in [1.165, 1.54) is 12.5 Å². The van der Waals surface area contributed by atoms with Crippen LogP contribution in [-0.2, 0) is 6.54 Å². The summed E-state index contributed by atoms with van der Waals surface area (Å²) < 4.78 is 14.1. The molecule has 1 aromatic rings. The van der Waals surface area contributed by atoms with Crippen LogP contribution in [0.2, 0.25) is 5.02 Å². The van der Waals surface area contributed by atoms with Gasteiger partial charge in [0.2, 0.25) is 0 Å². The van der Waals surface area contributed by atoms with E-state index in [0.29, 0.717) is 23.0 Å². The van der Waals surface area contributed by atoms with Crippen LogP contribution in [0.1, 0.15) is 38.2 Å². The second-order valence-corrected chi connectivity index (χ2v) is 7.55. The highest BCUT2D eigenvalue weighted by Gasteiger charge is 2.34. The van der Waals surface area contributed by atoms with E-state index in [4.69, 9.17) is 11.6 Å². The number of amides is 2. The highest BCUT2D eigenvalue weighted by molar-refractivity contribution is 6.31. The summed E-state index contributed by atoms with van der Waals surface area (Å²) in [5, 5.41) is 3.45. The van der Waals surface area contributed by atoms with Gasteiger partial charge in [-0.1, -0.05) is 24.6 Å². The van der Waals surface area contributed by atoms with Gasteiger partial charge >= 0.3 is 6.03 Å². The molecule has 0 spiro atoms. The van der Waals surface area contributed by atoms with E-state index < -0.39 is 0 Å². The standard InChI is InChI=1S/C19H27ClFN3O/c1-2-23-10-4-5-14(12-23)11-22-19(25)24(15-8-9-15)13-16-17(20)6-3-7-18(16)21/h3,6-7,14-15H,2,4-5,8-13H2,1H3,(H,22,25)/t14-/m1/s1. The van der Waals surface area contributed by atoms with Gasteiger partial charge in [0, 0.05) is 29.7 Å². The number of benzene rings is 1. The number of rotatable bonds is 6. The fraction of sp³-hybridized carbons (Fsp3) is 0.632. The quantitative estimate of drug-likeness (QED) is 0.828. The van der Waals surface area contributed by atoms with Crippen molar-refractivity contribution >= 4 is 17.6 Å². The summed E-state index contributed by atoms with van der Waals surface area (Å²) in [6, 6.07) is 4.76. The number of urea groups is 1. The third-order valence-corrected chi connectivity index (χ3v) is 5.59. The Balaban J connectivity index is 1.58. The van der Waals surface area contributed by atoms with Crippen molar-refractivity contribution in [2.45, 2.75) is 45.2 Å². The summed E-state index contributed by atoms with van der Waals surface area (Å²) in [5.74, 6) is 0.146. The number of likely N-dealkylation sites (tertiary alicyclic amines) is 1. The van der Waals surface area contributed by atoms with Crippen LogP contribution < -0.4 is 5.32 Å². The smallest absolute Gasteiger partial charge is 0.317 e. The lowest BCUT2D eigenvalue weighted by Crippen LogP contribution is -2.45. The van der Waals surface area contributed by atoms with Crippen LogP contribution >= 0.6 is 11.6 Å². The zero-order valence-electron chi connectivity index (χ0n) is 14.8. The Kier molecular flexibility index (Phi) is 6.18. The second kappa shape index (κ2) is 8.37. The Hall–Kier alpha value is -1.33. The van der Waals surface area contributed by atoms with Crippen LogP contribution in [-0.4, -0.2) is 48.1 Å². The molecule has 0 aromatic heterocycles. The average Bonchev–Trinajstić information content (AvgIpc) is 3.44. The van der Waals surface area contributed by atoms with Gasteiger partial charge in [-0.15, -0.1) is 0 Å². The molecule has 0 radical (unpaired) electrons. The van der Waals surface area contributed by atoms with Gasteiger partial charge in [0.05, 0.1) is 6.54 Å². The normalized spacial score (nSPS) is 21.2. The van der Waals surface area contributed by atoms with E-state index in [1.807, 2.05) is 0 Å². The first kappa shape index (κ1) is 18.5. The molecule has 1 aliphatic carbocycles. The number of halogens is 2. The second-order valence-electron chi connectivity index (χ2n) is 7.15. The number of hydrogen-bond donors (Lipinski definition) is 1.